The number of nitrogens with one attached hydrogen (secondary N) is 1. The summed E-state index contributed by atoms with van der Waals surface area (Å²) >= 11 is 0. The fourth-order valence-corrected chi connectivity index (χ4v) is 2.12. The van der Waals surface area contributed by atoms with E-state index < -0.39 is 6.04 Å². The Morgan fingerprint density at radius 3 is 2.53 bits per heavy atom. The van der Waals surface area contributed by atoms with Gasteiger partial charge in [0, 0.05) is 11.3 Å². The van der Waals surface area contributed by atoms with E-state index in [4.69, 9.17) is 10.5 Å². The van der Waals surface area contributed by atoms with E-state index in [1.165, 1.54) is 0 Å². The number of rotatable bonds is 5. The van der Waals surface area contributed by atoms with Gasteiger partial charge in [0.15, 0.2) is 0 Å². The standard InChI is InChI=1S/C15H24N2O2/c1-9(2)8-12(16)15(18)17-13-7-6-10(3)14(19-5)11(13)4/h6-7,9,12H,8,16H2,1-5H3,(H,17,18)/t12-/m1/s1. The Morgan fingerprint density at radius 2 is 2.00 bits per heavy atom. The summed E-state index contributed by atoms with van der Waals surface area (Å²) in [5.41, 5.74) is 8.60. The van der Waals surface area contributed by atoms with Crippen molar-refractivity contribution in [3.63, 3.8) is 0 Å². The van der Waals surface area contributed by atoms with Crippen molar-refractivity contribution in [2.75, 3.05) is 12.4 Å². The van der Waals surface area contributed by atoms with Crippen molar-refractivity contribution in [1.82, 2.24) is 0 Å². The molecule has 3 N–H and O–H groups in total. The van der Waals surface area contributed by atoms with Crippen LogP contribution in [-0.2, 0) is 4.79 Å². The zero-order valence-electron chi connectivity index (χ0n) is 12.4. The lowest BCUT2D eigenvalue weighted by Gasteiger charge is -2.17. The molecule has 0 radical (unpaired) electrons. The molecule has 1 amide bonds. The summed E-state index contributed by atoms with van der Waals surface area (Å²) in [6.45, 7) is 8.00. The van der Waals surface area contributed by atoms with E-state index in [9.17, 15) is 4.79 Å². The second kappa shape index (κ2) is 6.57. The molecule has 0 unspecified atom stereocenters. The number of amides is 1. The number of anilines is 1. The first-order valence-electron chi connectivity index (χ1n) is 6.57. The van der Waals surface area contributed by atoms with Crippen LogP contribution >= 0.6 is 0 Å². The number of ether oxygens (including phenoxy) is 1. The van der Waals surface area contributed by atoms with Crippen molar-refractivity contribution >= 4 is 11.6 Å². The number of aryl methyl sites for hydroxylation is 1. The van der Waals surface area contributed by atoms with Crippen LogP contribution < -0.4 is 15.8 Å². The average molecular weight is 264 g/mol. The van der Waals surface area contributed by atoms with Crippen LogP contribution in [-0.4, -0.2) is 19.1 Å². The second-order valence-corrected chi connectivity index (χ2v) is 5.31. The summed E-state index contributed by atoms with van der Waals surface area (Å²) in [5, 5.41) is 2.87. The molecule has 4 nitrogen and oxygen atoms in total. The molecule has 0 saturated heterocycles. The molecular formula is C15H24N2O2. The zero-order valence-corrected chi connectivity index (χ0v) is 12.4. The van der Waals surface area contributed by atoms with Gasteiger partial charge in [0.2, 0.25) is 5.91 Å². The predicted molar refractivity (Wildman–Crippen MR) is 78.5 cm³/mol. The fraction of sp³-hybridized carbons (Fsp3) is 0.533. The Bertz CT molecular complexity index is 456. The van der Waals surface area contributed by atoms with Crippen LogP contribution in [0.15, 0.2) is 12.1 Å². The highest BCUT2D eigenvalue weighted by Crippen LogP contribution is 2.29. The maximum atomic E-state index is 12.0. The molecule has 1 atom stereocenters. The third-order valence-corrected chi connectivity index (χ3v) is 3.13. The van der Waals surface area contributed by atoms with Gasteiger partial charge in [0.05, 0.1) is 13.2 Å². The molecule has 0 heterocycles. The first-order valence-corrected chi connectivity index (χ1v) is 6.57. The van der Waals surface area contributed by atoms with Crippen LogP contribution in [0.3, 0.4) is 0 Å². The third kappa shape index (κ3) is 3.96. The Morgan fingerprint density at radius 1 is 1.37 bits per heavy atom. The first-order chi connectivity index (χ1) is 8.86. The van der Waals surface area contributed by atoms with Gasteiger partial charge in [-0.2, -0.15) is 0 Å². The van der Waals surface area contributed by atoms with E-state index in [1.54, 1.807) is 7.11 Å². The van der Waals surface area contributed by atoms with Crippen LogP contribution in [0.5, 0.6) is 5.75 Å². The monoisotopic (exact) mass is 264 g/mol. The number of benzene rings is 1. The van der Waals surface area contributed by atoms with E-state index in [1.807, 2.05) is 39.8 Å². The summed E-state index contributed by atoms with van der Waals surface area (Å²) in [6, 6.07) is 3.33. The van der Waals surface area contributed by atoms with Gasteiger partial charge in [-0.1, -0.05) is 19.9 Å². The number of carbonyl (C=O) groups is 1. The SMILES string of the molecule is COc1c(C)ccc(NC(=O)[C@H](N)CC(C)C)c1C. The van der Waals surface area contributed by atoms with E-state index in [2.05, 4.69) is 5.32 Å². The highest BCUT2D eigenvalue weighted by atomic mass is 16.5. The minimum Gasteiger partial charge on any atom is -0.496 e. The van der Waals surface area contributed by atoms with Crippen molar-refractivity contribution in [2.45, 2.75) is 40.2 Å². The van der Waals surface area contributed by atoms with E-state index in [0.29, 0.717) is 12.3 Å². The molecule has 0 aliphatic carbocycles. The average Bonchev–Trinajstić information content (AvgIpc) is 2.32. The summed E-state index contributed by atoms with van der Waals surface area (Å²) in [4.78, 5) is 12.0. The molecule has 19 heavy (non-hydrogen) atoms. The molecule has 1 rings (SSSR count). The van der Waals surface area contributed by atoms with Gasteiger partial charge in [-0.15, -0.1) is 0 Å². The van der Waals surface area contributed by atoms with Gasteiger partial charge in [-0.25, -0.2) is 0 Å². The predicted octanol–water partition coefficient (Wildman–Crippen LogP) is 2.62. The lowest BCUT2D eigenvalue weighted by molar-refractivity contribution is -0.117. The number of hydrogen-bond acceptors (Lipinski definition) is 3. The van der Waals surface area contributed by atoms with Crippen molar-refractivity contribution < 1.29 is 9.53 Å². The molecule has 0 aliphatic rings. The van der Waals surface area contributed by atoms with Crippen molar-refractivity contribution in [3.05, 3.63) is 23.3 Å². The maximum absolute atomic E-state index is 12.0. The number of nitrogens with two attached hydrogens (primary N) is 1. The molecule has 1 aromatic rings. The minimum absolute atomic E-state index is 0.150. The van der Waals surface area contributed by atoms with Crippen LogP contribution in [0, 0.1) is 19.8 Å². The number of hydrogen-bond donors (Lipinski definition) is 2. The minimum atomic E-state index is -0.480. The van der Waals surface area contributed by atoms with Crippen molar-refractivity contribution in [2.24, 2.45) is 11.7 Å². The van der Waals surface area contributed by atoms with E-state index >= 15 is 0 Å². The summed E-state index contributed by atoms with van der Waals surface area (Å²) < 4.78 is 5.34. The molecule has 0 bridgehead atoms. The fourth-order valence-electron chi connectivity index (χ4n) is 2.12. The second-order valence-electron chi connectivity index (χ2n) is 5.31. The van der Waals surface area contributed by atoms with Gasteiger partial charge in [-0.05, 0) is 37.8 Å². The van der Waals surface area contributed by atoms with Gasteiger partial charge >= 0.3 is 0 Å². The zero-order chi connectivity index (χ0) is 14.6. The van der Waals surface area contributed by atoms with Crippen LogP contribution in [0.2, 0.25) is 0 Å². The largest absolute Gasteiger partial charge is 0.496 e. The lowest BCUT2D eigenvalue weighted by Crippen LogP contribution is -2.36. The van der Waals surface area contributed by atoms with Gasteiger partial charge in [-0.3, -0.25) is 4.79 Å². The topological polar surface area (TPSA) is 64.3 Å². The molecule has 0 saturated carbocycles. The Hall–Kier alpha value is -1.55. The molecule has 0 aliphatic heterocycles. The maximum Gasteiger partial charge on any atom is 0.241 e. The molecule has 4 heteroatoms. The summed E-state index contributed by atoms with van der Waals surface area (Å²) in [6.07, 6.45) is 0.674. The quantitative estimate of drug-likeness (QED) is 0.859. The third-order valence-electron chi connectivity index (χ3n) is 3.13. The molecule has 106 valence electrons. The first kappa shape index (κ1) is 15.5. The van der Waals surface area contributed by atoms with Crippen LogP contribution in [0.4, 0.5) is 5.69 Å². The molecule has 0 fully saturated rings. The Labute approximate surface area is 115 Å². The number of carbonyl (C=O) groups excluding carboxylic acids is 1. The highest BCUT2D eigenvalue weighted by Gasteiger charge is 2.17. The molecule has 0 spiro atoms. The van der Waals surface area contributed by atoms with Gasteiger partial charge < -0.3 is 15.8 Å². The molecule has 0 aromatic heterocycles. The lowest BCUT2D eigenvalue weighted by atomic mass is 10.0. The normalized spacial score (nSPS) is 12.4. The van der Waals surface area contributed by atoms with Crippen molar-refractivity contribution in [3.8, 4) is 5.75 Å². The van der Waals surface area contributed by atoms with Gasteiger partial charge in [0.25, 0.3) is 0 Å². The smallest absolute Gasteiger partial charge is 0.241 e. The Kier molecular flexibility index (Phi) is 5.36. The summed E-state index contributed by atoms with van der Waals surface area (Å²) in [5.74, 6) is 1.05. The van der Waals surface area contributed by atoms with E-state index in [-0.39, 0.29) is 5.91 Å². The summed E-state index contributed by atoms with van der Waals surface area (Å²) in [7, 11) is 1.63. The van der Waals surface area contributed by atoms with E-state index in [0.717, 1.165) is 22.6 Å². The van der Waals surface area contributed by atoms with Gasteiger partial charge in [0.1, 0.15) is 5.75 Å². The van der Waals surface area contributed by atoms with Crippen LogP contribution in [0.25, 0.3) is 0 Å². The van der Waals surface area contributed by atoms with Crippen molar-refractivity contribution in [1.29, 1.82) is 0 Å². The number of methoxy groups -OCH3 is 1. The highest BCUT2D eigenvalue weighted by molar-refractivity contribution is 5.95. The Balaban J connectivity index is 2.86. The van der Waals surface area contributed by atoms with Crippen LogP contribution in [0.1, 0.15) is 31.4 Å². The molecule has 1 aromatic carbocycles. The molecular weight excluding hydrogens is 240 g/mol.